The second kappa shape index (κ2) is 13.1. The van der Waals surface area contributed by atoms with Gasteiger partial charge in [0.2, 0.25) is 5.91 Å². The van der Waals surface area contributed by atoms with Crippen molar-refractivity contribution >= 4 is 16.7 Å². The van der Waals surface area contributed by atoms with Crippen LogP contribution in [0.4, 0.5) is 0 Å². The summed E-state index contributed by atoms with van der Waals surface area (Å²) in [4.78, 5) is 14.8. The van der Waals surface area contributed by atoms with Crippen LogP contribution in [0.2, 0.25) is 0 Å². The number of carbonyl (C=O) groups is 1. The van der Waals surface area contributed by atoms with E-state index in [-0.39, 0.29) is 22.9 Å². The fraction of sp³-hybridized carbons (Fsp3) is 0.324. The van der Waals surface area contributed by atoms with E-state index in [0.717, 1.165) is 34.1 Å². The molecular weight excluding hydrogens is 516 g/mol. The Morgan fingerprint density at radius 2 is 1.59 bits per heavy atom. The summed E-state index contributed by atoms with van der Waals surface area (Å²) in [6.45, 7) is 5.09. The van der Waals surface area contributed by atoms with Gasteiger partial charge in [0.25, 0.3) is 0 Å². The lowest BCUT2D eigenvalue weighted by Crippen LogP contribution is -2.45. The Morgan fingerprint density at radius 3 is 2.32 bits per heavy atom. The number of hydrogen-bond acceptors (Lipinski definition) is 6. The van der Waals surface area contributed by atoms with Crippen LogP contribution in [0, 0.1) is 0 Å². The molecule has 0 spiro atoms. The largest absolute Gasteiger partial charge is 0.508 e. The van der Waals surface area contributed by atoms with E-state index in [2.05, 4.69) is 54.4 Å². The number of rotatable bonds is 12. The van der Waals surface area contributed by atoms with Crippen molar-refractivity contribution in [2.24, 2.45) is 0 Å². The quantitative estimate of drug-likeness (QED) is 0.193. The van der Waals surface area contributed by atoms with Crippen LogP contribution in [0.15, 0.2) is 78.9 Å². The molecule has 0 aliphatic carbocycles. The van der Waals surface area contributed by atoms with Crippen LogP contribution in [-0.4, -0.2) is 58.9 Å². The van der Waals surface area contributed by atoms with Crippen molar-refractivity contribution < 1.29 is 24.9 Å². The van der Waals surface area contributed by atoms with E-state index < -0.39 is 6.10 Å². The Balaban J connectivity index is 1.28. The van der Waals surface area contributed by atoms with Gasteiger partial charge in [0, 0.05) is 24.7 Å². The summed E-state index contributed by atoms with van der Waals surface area (Å²) < 4.78 is 5.30. The van der Waals surface area contributed by atoms with E-state index >= 15 is 0 Å². The Morgan fingerprint density at radius 1 is 0.902 bits per heavy atom. The normalized spacial score (nSPS) is 12.4. The molecule has 0 radical (unpaired) electrons. The molecule has 216 valence electrons. The van der Waals surface area contributed by atoms with Crippen LogP contribution >= 0.6 is 0 Å². The number of methoxy groups -OCH3 is 1. The zero-order valence-corrected chi connectivity index (χ0v) is 24.2. The molecule has 0 heterocycles. The lowest BCUT2D eigenvalue weighted by atomic mass is 9.91. The van der Waals surface area contributed by atoms with Crippen molar-refractivity contribution in [1.82, 2.24) is 10.2 Å². The summed E-state index contributed by atoms with van der Waals surface area (Å²) in [7, 11) is 3.60. The zero-order chi connectivity index (χ0) is 29.6. The van der Waals surface area contributed by atoms with Gasteiger partial charge in [-0.1, -0.05) is 48.5 Å². The van der Waals surface area contributed by atoms with Crippen LogP contribution in [0.1, 0.15) is 42.2 Å². The van der Waals surface area contributed by atoms with Gasteiger partial charge in [-0.05, 0) is 91.0 Å². The number of hydrogen-bond donors (Lipinski definition) is 4. The molecule has 4 aromatic carbocycles. The Labute approximate surface area is 242 Å². The minimum absolute atomic E-state index is 0.0125. The molecule has 0 aliphatic rings. The molecule has 0 aliphatic heterocycles. The van der Waals surface area contributed by atoms with Crippen LogP contribution in [0.25, 0.3) is 10.8 Å². The Kier molecular flexibility index (Phi) is 9.53. The average Bonchev–Trinajstić information content (AvgIpc) is 2.92. The molecule has 0 fully saturated rings. The van der Waals surface area contributed by atoms with Crippen LogP contribution in [-0.2, 0) is 24.1 Å². The first-order valence-electron chi connectivity index (χ1n) is 13.9. The van der Waals surface area contributed by atoms with Crippen LogP contribution < -0.4 is 10.1 Å². The van der Waals surface area contributed by atoms with E-state index in [1.54, 1.807) is 7.11 Å². The number of likely N-dealkylation sites (N-methyl/N-ethyl adjacent to an activating group) is 1. The first kappa shape index (κ1) is 29.9. The molecule has 7 heteroatoms. The number of phenolic OH excluding ortho intramolecular Hbond substituents is 2. The molecule has 4 N–H and O–H groups in total. The number of aromatic hydroxyl groups is 2. The number of aliphatic hydroxyl groups is 1. The fourth-order valence-electron chi connectivity index (χ4n) is 5.06. The summed E-state index contributed by atoms with van der Waals surface area (Å²) >= 11 is 0. The number of nitrogens with one attached hydrogen (secondary N) is 1. The molecule has 4 rings (SSSR count). The first-order chi connectivity index (χ1) is 19.5. The topological polar surface area (TPSA) is 102 Å². The number of aliphatic hydroxyl groups excluding tert-OH is 1. The number of ether oxygens (including phenoxy) is 1. The summed E-state index contributed by atoms with van der Waals surface area (Å²) in [5.74, 6) is 0.651. The molecule has 1 atom stereocenters. The lowest BCUT2D eigenvalue weighted by molar-refractivity contribution is -0.120. The highest BCUT2D eigenvalue weighted by molar-refractivity contribution is 5.84. The number of amides is 1. The van der Waals surface area contributed by atoms with Crippen molar-refractivity contribution in [3.05, 3.63) is 101 Å². The number of β-amino-alcohol motifs (C(OH)–C–C–N with tert-alkyl or cyclic N) is 1. The third kappa shape index (κ3) is 8.22. The third-order valence-corrected chi connectivity index (χ3v) is 7.63. The van der Waals surface area contributed by atoms with E-state index in [9.17, 15) is 20.1 Å². The highest BCUT2D eigenvalue weighted by Gasteiger charge is 2.26. The number of nitrogens with zero attached hydrogens (tertiary/aromatic N) is 1. The standard InChI is InChI=1S/C34H40N2O5/c1-34(2,36(3)22-32(39)28-17-29(37)20-30(38)18-28)21-25-7-5-6-24(14-25)16-33(40)35-13-12-23-8-9-27-19-31(41-4)11-10-26(27)15-23/h5-11,14-15,17-20,32,37-39H,12-13,16,21-22H2,1-4H3,(H,35,40)/t32-/m0/s1. The van der Waals surface area contributed by atoms with E-state index in [1.807, 2.05) is 37.4 Å². The summed E-state index contributed by atoms with van der Waals surface area (Å²) in [6, 6.07) is 24.5. The third-order valence-electron chi connectivity index (χ3n) is 7.63. The molecule has 4 aromatic rings. The maximum atomic E-state index is 12.7. The van der Waals surface area contributed by atoms with Crippen molar-refractivity contribution in [3.8, 4) is 17.2 Å². The second-order valence-corrected chi connectivity index (χ2v) is 11.3. The van der Waals surface area contributed by atoms with Crippen LogP contribution in [0.3, 0.4) is 0 Å². The van der Waals surface area contributed by atoms with Gasteiger partial charge in [0.1, 0.15) is 17.2 Å². The van der Waals surface area contributed by atoms with E-state index in [0.29, 0.717) is 31.5 Å². The highest BCUT2D eigenvalue weighted by atomic mass is 16.5. The van der Waals surface area contributed by atoms with Crippen molar-refractivity contribution in [2.75, 3.05) is 27.2 Å². The lowest BCUT2D eigenvalue weighted by Gasteiger charge is -2.37. The van der Waals surface area contributed by atoms with Gasteiger partial charge in [0.05, 0.1) is 19.6 Å². The second-order valence-electron chi connectivity index (χ2n) is 11.3. The van der Waals surface area contributed by atoms with Crippen molar-refractivity contribution in [3.63, 3.8) is 0 Å². The molecular formula is C34H40N2O5. The average molecular weight is 557 g/mol. The van der Waals surface area contributed by atoms with Gasteiger partial charge in [-0.3, -0.25) is 9.69 Å². The Hall–Kier alpha value is -4.07. The highest BCUT2D eigenvalue weighted by Crippen LogP contribution is 2.28. The summed E-state index contributed by atoms with van der Waals surface area (Å²) in [5.41, 5.74) is 3.38. The number of phenols is 2. The van der Waals surface area contributed by atoms with Gasteiger partial charge in [0.15, 0.2) is 0 Å². The molecule has 0 aromatic heterocycles. The van der Waals surface area contributed by atoms with Gasteiger partial charge < -0.3 is 25.4 Å². The summed E-state index contributed by atoms with van der Waals surface area (Å²) in [6.07, 6.45) is 0.902. The van der Waals surface area contributed by atoms with Gasteiger partial charge in [-0.2, -0.15) is 0 Å². The maximum Gasteiger partial charge on any atom is 0.224 e. The van der Waals surface area contributed by atoms with Gasteiger partial charge in [-0.15, -0.1) is 0 Å². The van der Waals surface area contributed by atoms with Crippen molar-refractivity contribution in [1.29, 1.82) is 0 Å². The molecule has 0 saturated carbocycles. The van der Waals surface area contributed by atoms with Gasteiger partial charge >= 0.3 is 0 Å². The minimum atomic E-state index is -0.870. The fourth-order valence-corrected chi connectivity index (χ4v) is 5.06. The predicted octanol–water partition coefficient (Wildman–Crippen LogP) is 5.15. The number of benzene rings is 4. The SMILES string of the molecule is COc1ccc2cc(CCNC(=O)Cc3cccc(CC(C)(C)N(C)C[C@H](O)c4cc(O)cc(O)c4)c3)ccc2c1. The van der Waals surface area contributed by atoms with Crippen LogP contribution in [0.5, 0.6) is 17.2 Å². The zero-order valence-electron chi connectivity index (χ0n) is 24.2. The van der Waals surface area contributed by atoms with Gasteiger partial charge in [-0.25, -0.2) is 0 Å². The first-order valence-corrected chi connectivity index (χ1v) is 13.9. The summed E-state index contributed by atoms with van der Waals surface area (Å²) in [5, 5.41) is 35.5. The van der Waals surface area contributed by atoms with E-state index in [1.165, 1.54) is 23.8 Å². The molecule has 41 heavy (non-hydrogen) atoms. The minimum Gasteiger partial charge on any atom is -0.508 e. The molecule has 0 bridgehead atoms. The smallest absolute Gasteiger partial charge is 0.224 e. The molecule has 0 saturated heterocycles. The molecule has 7 nitrogen and oxygen atoms in total. The Bertz CT molecular complexity index is 1480. The predicted molar refractivity (Wildman–Crippen MR) is 163 cm³/mol. The van der Waals surface area contributed by atoms with E-state index in [4.69, 9.17) is 4.74 Å². The molecule has 0 unspecified atom stereocenters. The van der Waals surface area contributed by atoms with Crippen molar-refractivity contribution in [2.45, 2.75) is 44.8 Å². The monoisotopic (exact) mass is 556 g/mol. The molecule has 1 amide bonds. The number of fused-ring (bicyclic) bond motifs is 1. The maximum absolute atomic E-state index is 12.7. The number of carbonyl (C=O) groups excluding carboxylic acids is 1.